The van der Waals surface area contributed by atoms with Gasteiger partial charge in [-0.2, -0.15) is 0 Å². The number of rotatable bonds is 11. The van der Waals surface area contributed by atoms with Crippen molar-refractivity contribution in [2.45, 2.75) is 32.5 Å². The fourth-order valence-corrected chi connectivity index (χ4v) is 4.26. The summed E-state index contributed by atoms with van der Waals surface area (Å²) in [6.45, 7) is 2.40. The first-order chi connectivity index (χ1) is 17.6. The van der Waals surface area contributed by atoms with Crippen LogP contribution in [0.15, 0.2) is 104 Å². The predicted molar refractivity (Wildman–Crippen MR) is 136 cm³/mol. The summed E-state index contributed by atoms with van der Waals surface area (Å²) in [7, 11) is 0. The molecule has 8 nitrogen and oxygen atoms in total. The van der Waals surface area contributed by atoms with Crippen molar-refractivity contribution in [2.24, 2.45) is 0 Å². The number of aryl methyl sites for hydroxylation is 2. The van der Waals surface area contributed by atoms with Crippen LogP contribution in [0.5, 0.6) is 0 Å². The molecule has 0 amide bonds. The molecule has 0 aliphatic heterocycles. The molecule has 0 spiro atoms. The van der Waals surface area contributed by atoms with E-state index < -0.39 is 0 Å². The van der Waals surface area contributed by atoms with Crippen LogP contribution in [-0.2, 0) is 32.5 Å². The van der Waals surface area contributed by atoms with E-state index in [0.717, 1.165) is 34.4 Å². The minimum absolute atomic E-state index is 0.145. The van der Waals surface area contributed by atoms with Crippen molar-refractivity contribution in [3.63, 3.8) is 0 Å². The Balaban J connectivity index is 1.24. The zero-order valence-electron chi connectivity index (χ0n) is 19.9. The van der Waals surface area contributed by atoms with Gasteiger partial charge in [-0.1, -0.05) is 18.2 Å². The van der Waals surface area contributed by atoms with Gasteiger partial charge in [-0.05, 0) is 48.7 Å². The third-order valence-corrected chi connectivity index (χ3v) is 6.11. The standard InChI is InChI=1S/C28H28N4O4/c29-28-30-25(7-6-21-3-1-4-24(15-21)26-5-2-12-36-26)16-27(33)32(28)11-10-31(17-22-8-13-34-19-22)18-23-9-14-35-20-23/h1-5,8-9,12-16,19-20H,6-7,10-11,17-18H2,(H2,29,30). The van der Waals surface area contributed by atoms with E-state index in [1.807, 2.05) is 36.4 Å². The molecule has 0 aliphatic carbocycles. The number of nitrogens with zero attached hydrogens (tertiary/aromatic N) is 3. The third-order valence-electron chi connectivity index (χ3n) is 6.11. The summed E-state index contributed by atoms with van der Waals surface area (Å²) in [5.41, 5.74) is 11.1. The lowest BCUT2D eigenvalue weighted by molar-refractivity contribution is 0.244. The van der Waals surface area contributed by atoms with Gasteiger partial charge in [-0.25, -0.2) is 4.98 Å². The van der Waals surface area contributed by atoms with Gasteiger partial charge in [0.1, 0.15) is 5.76 Å². The second-order valence-electron chi connectivity index (χ2n) is 8.75. The lowest BCUT2D eigenvalue weighted by atomic mass is 10.0. The van der Waals surface area contributed by atoms with E-state index in [9.17, 15) is 4.79 Å². The quantitative estimate of drug-likeness (QED) is 0.288. The monoisotopic (exact) mass is 484 g/mol. The zero-order chi connectivity index (χ0) is 24.7. The topological polar surface area (TPSA) is 104 Å². The summed E-state index contributed by atoms with van der Waals surface area (Å²) in [5, 5.41) is 0. The van der Waals surface area contributed by atoms with Crippen LogP contribution in [-0.4, -0.2) is 21.0 Å². The number of benzene rings is 1. The van der Waals surface area contributed by atoms with Crippen LogP contribution in [0.1, 0.15) is 22.4 Å². The highest BCUT2D eigenvalue weighted by molar-refractivity contribution is 5.58. The van der Waals surface area contributed by atoms with Gasteiger partial charge in [0.05, 0.1) is 37.0 Å². The SMILES string of the molecule is Nc1nc(CCc2cccc(-c3ccco3)c2)cc(=O)n1CCN(Cc1ccoc1)Cc1ccoc1. The van der Waals surface area contributed by atoms with Gasteiger partial charge < -0.3 is 19.0 Å². The van der Waals surface area contributed by atoms with E-state index in [1.165, 1.54) is 4.57 Å². The lowest BCUT2D eigenvalue weighted by Gasteiger charge is -2.22. The van der Waals surface area contributed by atoms with Crippen LogP contribution < -0.4 is 11.3 Å². The maximum atomic E-state index is 12.9. The number of nitrogens with two attached hydrogens (primary N) is 1. The van der Waals surface area contributed by atoms with Crippen molar-refractivity contribution in [3.8, 4) is 11.3 Å². The van der Waals surface area contributed by atoms with Gasteiger partial charge >= 0.3 is 0 Å². The molecule has 0 bridgehead atoms. The van der Waals surface area contributed by atoms with E-state index in [2.05, 4.69) is 22.0 Å². The molecule has 4 heterocycles. The molecular weight excluding hydrogens is 456 g/mol. The molecule has 8 heteroatoms. The summed E-state index contributed by atoms with van der Waals surface area (Å²) in [6.07, 6.45) is 9.79. The summed E-state index contributed by atoms with van der Waals surface area (Å²) in [6, 6.07) is 17.4. The van der Waals surface area contributed by atoms with Gasteiger partial charge in [-0.3, -0.25) is 14.3 Å². The van der Waals surface area contributed by atoms with Gasteiger partial charge in [0.15, 0.2) is 0 Å². The average Bonchev–Trinajstić information content (AvgIpc) is 3.67. The molecule has 4 aromatic heterocycles. The fourth-order valence-electron chi connectivity index (χ4n) is 4.26. The highest BCUT2D eigenvalue weighted by Crippen LogP contribution is 2.21. The Hall–Kier alpha value is -4.30. The Morgan fingerprint density at radius 2 is 1.64 bits per heavy atom. The molecule has 0 aliphatic rings. The maximum Gasteiger partial charge on any atom is 0.255 e. The summed E-state index contributed by atoms with van der Waals surface area (Å²) < 4.78 is 17.4. The number of hydrogen-bond donors (Lipinski definition) is 1. The molecule has 184 valence electrons. The molecule has 0 radical (unpaired) electrons. The smallest absolute Gasteiger partial charge is 0.255 e. The minimum atomic E-state index is -0.145. The van der Waals surface area contributed by atoms with E-state index in [-0.39, 0.29) is 11.5 Å². The Morgan fingerprint density at radius 3 is 2.28 bits per heavy atom. The summed E-state index contributed by atoms with van der Waals surface area (Å²) in [4.78, 5) is 19.6. The van der Waals surface area contributed by atoms with Crippen molar-refractivity contribution in [3.05, 3.63) is 119 Å². The maximum absolute atomic E-state index is 12.9. The highest BCUT2D eigenvalue weighted by atomic mass is 16.3. The van der Waals surface area contributed by atoms with Gasteiger partial charge in [0, 0.05) is 48.9 Å². The average molecular weight is 485 g/mol. The lowest BCUT2D eigenvalue weighted by Crippen LogP contribution is -2.32. The molecule has 0 unspecified atom stereocenters. The highest BCUT2D eigenvalue weighted by Gasteiger charge is 2.12. The summed E-state index contributed by atoms with van der Waals surface area (Å²) in [5.74, 6) is 1.06. The van der Waals surface area contributed by atoms with Crippen molar-refractivity contribution in [1.82, 2.24) is 14.5 Å². The number of anilines is 1. The van der Waals surface area contributed by atoms with Crippen LogP contribution in [0.2, 0.25) is 0 Å². The van der Waals surface area contributed by atoms with Crippen molar-refractivity contribution >= 4 is 5.95 Å². The largest absolute Gasteiger partial charge is 0.472 e. The number of aromatic nitrogens is 2. The van der Waals surface area contributed by atoms with Crippen molar-refractivity contribution < 1.29 is 13.3 Å². The van der Waals surface area contributed by atoms with E-state index in [0.29, 0.717) is 38.3 Å². The Morgan fingerprint density at radius 1 is 0.861 bits per heavy atom. The Bertz CT molecular complexity index is 1380. The van der Waals surface area contributed by atoms with E-state index >= 15 is 0 Å². The molecule has 0 saturated heterocycles. The number of hydrogen-bond acceptors (Lipinski definition) is 7. The van der Waals surface area contributed by atoms with Crippen LogP contribution >= 0.6 is 0 Å². The van der Waals surface area contributed by atoms with E-state index in [1.54, 1.807) is 37.4 Å². The molecule has 0 fully saturated rings. The molecule has 5 rings (SSSR count). The molecule has 0 saturated carbocycles. The van der Waals surface area contributed by atoms with Crippen LogP contribution in [0.25, 0.3) is 11.3 Å². The molecule has 2 N–H and O–H groups in total. The van der Waals surface area contributed by atoms with Crippen LogP contribution in [0.3, 0.4) is 0 Å². The van der Waals surface area contributed by atoms with E-state index in [4.69, 9.17) is 19.0 Å². The molecule has 36 heavy (non-hydrogen) atoms. The van der Waals surface area contributed by atoms with Crippen LogP contribution in [0, 0.1) is 0 Å². The second-order valence-corrected chi connectivity index (χ2v) is 8.75. The molecule has 0 atom stereocenters. The van der Waals surface area contributed by atoms with Crippen LogP contribution in [0.4, 0.5) is 5.95 Å². The Kier molecular flexibility index (Phi) is 7.14. The number of nitrogen functional groups attached to an aromatic ring is 1. The van der Waals surface area contributed by atoms with Crippen molar-refractivity contribution in [2.75, 3.05) is 12.3 Å². The zero-order valence-corrected chi connectivity index (χ0v) is 19.9. The molecular formula is C28H28N4O4. The van der Waals surface area contributed by atoms with Crippen molar-refractivity contribution in [1.29, 1.82) is 0 Å². The first kappa shape index (κ1) is 23.4. The van der Waals surface area contributed by atoms with Gasteiger partial charge in [-0.15, -0.1) is 0 Å². The van der Waals surface area contributed by atoms with Gasteiger partial charge in [0.2, 0.25) is 5.95 Å². The Labute approximate surface area is 208 Å². The molecule has 5 aromatic rings. The third kappa shape index (κ3) is 5.84. The normalized spacial score (nSPS) is 11.4. The fraction of sp³-hybridized carbons (Fsp3) is 0.214. The second kappa shape index (κ2) is 11.0. The first-order valence-corrected chi connectivity index (χ1v) is 11.9. The minimum Gasteiger partial charge on any atom is -0.472 e. The predicted octanol–water partition coefficient (Wildman–Crippen LogP) is 4.76. The summed E-state index contributed by atoms with van der Waals surface area (Å²) >= 11 is 0. The first-order valence-electron chi connectivity index (χ1n) is 11.9. The number of furan rings is 3. The molecule has 1 aromatic carbocycles. The van der Waals surface area contributed by atoms with Gasteiger partial charge in [0.25, 0.3) is 5.56 Å².